The average Bonchev–Trinajstić information content (AvgIpc) is 3.49. The second-order valence-corrected chi connectivity index (χ2v) is 8.43. The summed E-state index contributed by atoms with van der Waals surface area (Å²) in [4.78, 5) is 26.7. The van der Waals surface area contributed by atoms with E-state index in [1.807, 2.05) is 13.0 Å². The van der Waals surface area contributed by atoms with Crippen LogP contribution in [0.15, 0.2) is 39.8 Å². The van der Waals surface area contributed by atoms with E-state index in [-0.39, 0.29) is 5.56 Å². The van der Waals surface area contributed by atoms with E-state index < -0.39 is 0 Å². The number of ether oxygens (including phenoxy) is 1. The van der Waals surface area contributed by atoms with Crippen molar-refractivity contribution >= 4 is 28.6 Å². The van der Waals surface area contributed by atoms with Gasteiger partial charge in [0.1, 0.15) is 5.65 Å². The molecule has 10 heteroatoms. The average molecular weight is 467 g/mol. The molecule has 4 aromatic rings. The molecule has 0 radical (unpaired) electrons. The minimum Gasteiger partial charge on any atom is -0.381 e. The first-order chi connectivity index (χ1) is 16.0. The van der Waals surface area contributed by atoms with Crippen molar-refractivity contribution in [3.8, 4) is 22.5 Å². The Morgan fingerprint density at radius 2 is 2.12 bits per heavy atom. The number of nitrogens with zero attached hydrogens (tertiary/aromatic N) is 5. The van der Waals surface area contributed by atoms with Crippen LogP contribution in [-0.4, -0.2) is 44.4 Å². The molecule has 0 aliphatic carbocycles. The third-order valence-electron chi connectivity index (χ3n) is 5.76. The van der Waals surface area contributed by atoms with Gasteiger partial charge in [-0.05, 0) is 25.5 Å². The van der Waals surface area contributed by atoms with Crippen LogP contribution >= 0.6 is 11.6 Å². The Bertz CT molecular complexity index is 1380. The fourth-order valence-corrected chi connectivity index (χ4v) is 4.28. The number of aryl methyl sites for hydroxylation is 2. The first kappa shape index (κ1) is 21.5. The normalized spacial score (nSPS) is 15.9. The molecule has 170 valence electrons. The Morgan fingerprint density at radius 1 is 1.24 bits per heavy atom. The van der Waals surface area contributed by atoms with E-state index in [0.717, 1.165) is 31.6 Å². The summed E-state index contributed by atoms with van der Waals surface area (Å²) >= 11 is 6.58. The zero-order chi connectivity index (χ0) is 22.9. The standard InChI is InChI=1S/C23H23ClN6O3/c1-3-30-21-16(11-26-23(28-21)25-10-14-6-7-32-12-14)8-18(22(30)31)17-5-4-15(9-19(17)24)20-27-13(2)33-29-20/h4-5,8-9,11,14H,3,6-7,10,12H2,1-2H3,(H,25,26,28). The number of rotatable bonds is 6. The largest absolute Gasteiger partial charge is 0.381 e. The Morgan fingerprint density at radius 3 is 2.82 bits per heavy atom. The van der Waals surface area contributed by atoms with Crippen molar-refractivity contribution in [3.63, 3.8) is 0 Å². The van der Waals surface area contributed by atoms with Crippen LogP contribution in [-0.2, 0) is 11.3 Å². The molecule has 33 heavy (non-hydrogen) atoms. The van der Waals surface area contributed by atoms with Crippen molar-refractivity contribution in [2.24, 2.45) is 5.92 Å². The summed E-state index contributed by atoms with van der Waals surface area (Å²) in [7, 11) is 0. The maximum atomic E-state index is 13.4. The highest BCUT2D eigenvalue weighted by Gasteiger charge is 2.18. The summed E-state index contributed by atoms with van der Waals surface area (Å²) in [5.41, 5.74) is 2.24. The van der Waals surface area contributed by atoms with Gasteiger partial charge in [0.2, 0.25) is 17.7 Å². The number of aromatic nitrogens is 5. The van der Waals surface area contributed by atoms with Crippen molar-refractivity contribution in [2.45, 2.75) is 26.8 Å². The zero-order valence-corrected chi connectivity index (χ0v) is 19.1. The van der Waals surface area contributed by atoms with E-state index in [1.54, 1.807) is 35.9 Å². The van der Waals surface area contributed by atoms with Gasteiger partial charge in [0.15, 0.2) is 0 Å². The predicted molar refractivity (Wildman–Crippen MR) is 125 cm³/mol. The van der Waals surface area contributed by atoms with Crippen molar-refractivity contribution in [3.05, 3.63) is 51.7 Å². The lowest BCUT2D eigenvalue weighted by atomic mass is 10.0. The highest BCUT2D eigenvalue weighted by Crippen LogP contribution is 2.31. The van der Waals surface area contributed by atoms with Gasteiger partial charge in [-0.2, -0.15) is 9.97 Å². The highest BCUT2D eigenvalue weighted by atomic mass is 35.5. The molecule has 4 heterocycles. The lowest BCUT2D eigenvalue weighted by molar-refractivity contribution is 0.187. The minimum absolute atomic E-state index is 0.163. The molecule has 0 saturated carbocycles. The van der Waals surface area contributed by atoms with Crippen LogP contribution in [0.2, 0.25) is 5.02 Å². The van der Waals surface area contributed by atoms with Crippen LogP contribution in [0.5, 0.6) is 0 Å². The molecule has 0 spiro atoms. The van der Waals surface area contributed by atoms with Crippen molar-refractivity contribution in [1.82, 2.24) is 24.7 Å². The summed E-state index contributed by atoms with van der Waals surface area (Å²) in [5, 5.41) is 8.38. The van der Waals surface area contributed by atoms with Crippen molar-refractivity contribution < 1.29 is 9.26 Å². The lowest BCUT2D eigenvalue weighted by Crippen LogP contribution is -2.23. The van der Waals surface area contributed by atoms with Gasteiger partial charge in [0.05, 0.1) is 6.61 Å². The summed E-state index contributed by atoms with van der Waals surface area (Å²) in [5.74, 6) is 1.86. The maximum absolute atomic E-state index is 13.4. The van der Waals surface area contributed by atoms with E-state index in [0.29, 0.717) is 57.5 Å². The molecule has 5 rings (SSSR count). The quantitative estimate of drug-likeness (QED) is 0.455. The van der Waals surface area contributed by atoms with E-state index in [2.05, 4.69) is 25.4 Å². The third kappa shape index (κ3) is 4.21. The van der Waals surface area contributed by atoms with E-state index in [1.165, 1.54) is 0 Å². The number of pyridine rings is 1. The number of hydrogen-bond donors (Lipinski definition) is 1. The van der Waals surface area contributed by atoms with Crippen LogP contribution < -0.4 is 10.9 Å². The summed E-state index contributed by atoms with van der Waals surface area (Å²) in [6.07, 6.45) is 2.75. The molecule has 1 fully saturated rings. The topological polar surface area (TPSA) is 108 Å². The molecule has 1 saturated heterocycles. The zero-order valence-electron chi connectivity index (χ0n) is 18.3. The third-order valence-corrected chi connectivity index (χ3v) is 6.07. The molecule has 1 unspecified atom stereocenters. The number of benzene rings is 1. The number of nitrogens with one attached hydrogen (secondary N) is 1. The van der Waals surface area contributed by atoms with Gasteiger partial charge < -0.3 is 14.6 Å². The molecule has 1 aromatic carbocycles. The Labute approximate surface area is 194 Å². The molecule has 1 aliphatic rings. The SMILES string of the molecule is CCn1c(=O)c(-c2ccc(-c3noc(C)n3)cc2Cl)cc2cnc(NCC3CCOC3)nc21. The van der Waals surface area contributed by atoms with Gasteiger partial charge in [0, 0.05) is 65.8 Å². The second kappa shape index (κ2) is 8.92. The molecule has 1 N–H and O–H groups in total. The smallest absolute Gasteiger partial charge is 0.260 e. The van der Waals surface area contributed by atoms with E-state index in [4.69, 9.17) is 20.9 Å². The highest BCUT2D eigenvalue weighted by molar-refractivity contribution is 6.33. The van der Waals surface area contributed by atoms with Gasteiger partial charge in [0.25, 0.3) is 5.56 Å². The van der Waals surface area contributed by atoms with Crippen LogP contribution in [0.3, 0.4) is 0 Å². The molecular weight excluding hydrogens is 444 g/mol. The van der Waals surface area contributed by atoms with Gasteiger partial charge >= 0.3 is 0 Å². The fraction of sp³-hybridized carbons (Fsp3) is 0.348. The van der Waals surface area contributed by atoms with Gasteiger partial charge in [-0.3, -0.25) is 9.36 Å². The molecule has 9 nitrogen and oxygen atoms in total. The summed E-state index contributed by atoms with van der Waals surface area (Å²) in [6.45, 7) is 6.38. The molecule has 1 aliphatic heterocycles. The number of halogens is 1. The van der Waals surface area contributed by atoms with Gasteiger partial charge in [-0.15, -0.1) is 0 Å². The summed E-state index contributed by atoms with van der Waals surface area (Å²) in [6, 6.07) is 7.14. The van der Waals surface area contributed by atoms with Crippen LogP contribution in [0.25, 0.3) is 33.5 Å². The predicted octanol–water partition coefficient (Wildman–Crippen LogP) is 3.94. The van der Waals surface area contributed by atoms with Crippen molar-refractivity contribution in [1.29, 1.82) is 0 Å². The summed E-state index contributed by atoms with van der Waals surface area (Å²) < 4.78 is 12.1. The first-order valence-electron chi connectivity index (χ1n) is 10.9. The second-order valence-electron chi connectivity index (χ2n) is 8.02. The molecule has 0 amide bonds. The fourth-order valence-electron chi connectivity index (χ4n) is 4.00. The maximum Gasteiger partial charge on any atom is 0.260 e. The first-order valence-corrected chi connectivity index (χ1v) is 11.2. The number of fused-ring (bicyclic) bond motifs is 1. The van der Waals surface area contributed by atoms with Crippen LogP contribution in [0.1, 0.15) is 19.2 Å². The van der Waals surface area contributed by atoms with Crippen LogP contribution in [0, 0.1) is 12.8 Å². The molecule has 3 aromatic heterocycles. The Kier molecular flexibility index (Phi) is 5.82. The monoisotopic (exact) mass is 466 g/mol. The van der Waals surface area contributed by atoms with E-state index in [9.17, 15) is 4.79 Å². The van der Waals surface area contributed by atoms with Gasteiger partial charge in [-0.1, -0.05) is 28.9 Å². The lowest BCUT2D eigenvalue weighted by Gasteiger charge is -2.14. The van der Waals surface area contributed by atoms with Gasteiger partial charge in [-0.25, -0.2) is 4.98 Å². The Balaban J connectivity index is 1.51. The molecule has 0 bridgehead atoms. The number of anilines is 1. The number of hydrogen-bond acceptors (Lipinski definition) is 8. The molecule has 1 atom stereocenters. The van der Waals surface area contributed by atoms with Crippen LogP contribution in [0.4, 0.5) is 5.95 Å². The molecular formula is C23H23ClN6O3. The Hall–Kier alpha value is -3.30. The van der Waals surface area contributed by atoms with E-state index >= 15 is 0 Å². The minimum atomic E-state index is -0.163. The van der Waals surface area contributed by atoms with Crippen molar-refractivity contribution in [2.75, 3.05) is 25.1 Å².